The first-order chi connectivity index (χ1) is 7.90. The zero-order chi connectivity index (χ0) is 13.1. The lowest BCUT2D eigenvalue weighted by Gasteiger charge is -2.34. The quantitative estimate of drug-likeness (QED) is 0.746. The molecule has 0 aliphatic heterocycles. The summed E-state index contributed by atoms with van der Waals surface area (Å²) < 4.78 is 5.43. The van der Waals surface area contributed by atoms with Gasteiger partial charge in [-0.3, -0.25) is 4.79 Å². The van der Waals surface area contributed by atoms with Crippen molar-refractivity contribution in [1.82, 2.24) is 0 Å². The van der Waals surface area contributed by atoms with Crippen LogP contribution in [-0.2, 0) is 9.53 Å². The Bertz CT molecular complexity index is 244. The third-order valence-corrected chi connectivity index (χ3v) is 4.11. The molecule has 17 heavy (non-hydrogen) atoms. The van der Waals surface area contributed by atoms with Gasteiger partial charge in [0.15, 0.2) is 5.78 Å². The second-order valence-corrected chi connectivity index (χ2v) is 6.51. The first-order valence-corrected chi connectivity index (χ1v) is 6.96. The Morgan fingerprint density at radius 2 is 1.76 bits per heavy atom. The highest BCUT2D eigenvalue weighted by molar-refractivity contribution is 5.86. The van der Waals surface area contributed by atoms with E-state index < -0.39 is 0 Å². The zero-order valence-corrected chi connectivity index (χ0v) is 12.1. The number of hydrogen-bond acceptors (Lipinski definition) is 2. The molecule has 0 aromatic carbocycles. The lowest BCUT2D eigenvalue weighted by atomic mass is 9.74. The second kappa shape index (κ2) is 5.99. The van der Waals surface area contributed by atoms with E-state index in [1.807, 2.05) is 0 Å². The third-order valence-electron chi connectivity index (χ3n) is 4.11. The molecule has 1 aliphatic rings. The Labute approximate surface area is 106 Å². The van der Waals surface area contributed by atoms with Crippen LogP contribution in [0.5, 0.6) is 0 Å². The van der Waals surface area contributed by atoms with Crippen LogP contribution in [0.2, 0.25) is 0 Å². The molecule has 0 saturated heterocycles. The highest BCUT2D eigenvalue weighted by Gasteiger charge is 2.36. The summed E-state index contributed by atoms with van der Waals surface area (Å²) in [5.41, 5.74) is -0.0898. The number of carbonyl (C=O) groups is 1. The topological polar surface area (TPSA) is 26.3 Å². The summed E-state index contributed by atoms with van der Waals surface area (Å²) in [5.74, 6) is 1.41. The smallest absolute Gasteiger partial charge is 0.165 e. The Morgan fingerprint density at radius 3 is 2.12 bits per heavy atom. The average molecular weight is 240 g/mol. The third kappa shape index (κ3) is 3.80. The van der Waals surface area contributed by atoms with Crippen LogP contribution in [0.3, 0.4) is 0 Å². The molecule has 1 unspecified atom stereocenters. The minimum atomic E-state index is -0.245. The molecule has 0 bridgehead atoms. The normalized spacial score (nSPS) is 27.8. The van der Waals surface area contributed by atoms with Crippen molar-refractivity contribution in [1.29, 1.82) is 0 Å². The number of carbonyl (C=O) groups excluding carboxylic acids is 1. The molecule has 1 fully saturated rings. The molecule has 0 aromatic rings. The van der Waals surface area contributed by atoms with Crippen LogP contribution in [0, 0.1) is 17.3 Å². The summed E-state index contributed by atoms with van der Waals surface area (Å²) in [6.45, 7) is 8.49. The van der Waals surface area contributed by atoms with Crippen LogP contribution in [0.25, 0.3) is 0 Å². The van der Waals surface area contributed by atoms with Crippen LogP contribution in [0.15, 0.2) is 0 Å². The molecule has 0 radical (unpaired) electrons. The van der Waals surface area contributed by atoms with Gasteiger partial charge in [0.05, 0.1) is 0 Å². The zero-order valence-electron chi connectivity index (χ0n) is 12.1. The number of Topliss-reactive ketones (excluding diaryl/α,β-unsaturated/α-hetero) is 1. The van der Waals surface area contributed by atoms with Gasteiger partial charge in [0.2, 0.25) is 0 Å². The van der Waals surface area contributed by atoms with Gasteiger partial charge in [0.25, 0.3) is 0 Å². The van der Waals surface area contributed by atoms with Crippen LogP contribution < -0.4 is 0 Å². The summed E-state index contributed by atoms with van der Waals surface area (Å²) in [7, 11) is 1.66. The van der Waals surface area contributed by atoms with E-state index in [4.69, 9.17) is 4.74 Å². The van der Waals surface area contributed by atoms with Crippen molar-refractivity contribution in [2.24, 2.45) is 17.3 Å². The van der Waals surface area contributed by atoms with Crippen molar-refractivity contribution in [2.45, 2.75) is 65.9 Å². The highest BCUT2D eigenvalue weighted by Crippen LogP contribution is 2.34. The van der Waals surface area contributed by atoms with Crippen molar-refractivity contribution in [3.63, 3.8) is 0 Å². The predicted octanol–water partition coefficient (Wildman–Crippen LogP) is 3.83. The van der Waals surface area contributed by atoms with E-state index in [1.165, 1.54) is 19.3 Å². The Morgan fingerprint density at radius 1 is 1.24 bits per heavy atom. The van der Waals surface area contributed by atoms with Crippen LogP contribution >= 0.6 is 0 Å². The van der Waals surface area contributed by atoms with Crippen molar-refractivity contribution in [3.8, 4) is 0 Å². The monoisotopic (exact) mass is 240 g/mol. The highest BCUT2D eigenvalue weighted by atomic mass is 16.5. The van der Waals surface area contributed by atoms with Crippen molar-refractivity contribution in [3.05, 3.63) is 0 Å². The Balaban J connectivity index is 2.58. The fourth-order valence-electron chi connectivity index (χ4n) is 2.97. The summed E-state index contributed by atoms with van der Waals surface area (Å²) >= 11 is 0. The summed E-state index contributed by atoms with van der Waals surface area (Å²) in [4.78, 5) is 12.4. The molecule has 2 heteroatoms. The summed E-state index contributed by atoms with van der Waals surface area (Å²) in [5, 5.41) is 0. The molecule has 0 aromatic heterocycles. The van der Waals surface area contributed by atoms with Crippen LogP contribution in [-0.4, -0.2) is 19.0 Å². The molecular formula is C15H28O2. The van der Waals surface area contributed by atoms with E-state index in [2.05, 4.69) is 27.7 Å². The molecule has 1 saturated carbocycles. The van der Waals surface area contributed by atoms with Gasteiger partial charge in [-0.15, -0.1) is 0 Å². The van der Waals surface area contributed by atoms with Crippen LogP contribution in [0.4, 0.5) is 0 Å². The van der Waals surface area contributed by atoms with Gasteiger partial charge >= 0.3 is 0 Å². The maximum absolute atomic E-state index is 12.4. The number of ether oxygens (including phenoxy) is 1. The molecule has 100 valence electrons. The maximum atomic E-state index is 12.4. The minimum Gasteiger partial charge on any atom is -0.373 e. The first kappa shape index (κ1) is 14.7. The van der Waals surface area contributed by atoms with E-state index in [1.54, 1.807) is 7.11 Å². The van der Waals surface area contributed by atoms with Crippen molar-refractivity contribution < 1.29 is 9.53 Å². The molecule has 0 N–H and O–H groups in total. The standard InChI is InChI=1S/C15H28O2/c1-6-11-7-9-12(10-8-11)13(16)14(17-5)15(2,3)4/h11-12,14H,6-10H2,1-5H3. The fourth-order valence-corrected chi connectivity index (χ4v) is 2.97. The van der Waals surface area contributed by atoms with E-state index in [0.29, 0.717) is 5.78 Å². The van der Waals surface area contributed by atoms with Gasteiger partial charge in [-0.2, -0.15) is 0 Å². The molecule has 0 amide bonds. The van der Waals surface area contributed by atoms with Gasteiger partial charge in [0.1, 0.15) is 6.10 Å². The van der Waals surface area contributed by atoms with Crippen LogP contribution in [0.1, 0.15) is 59.8 Å². The molecule has 0 heterocycles. The van der Waals surface area contributed by atoms with E-state index in [-0.39, 0.29) is 17.4 Å². The second-order valence-electron chi connectivity index (χ2n) is 6.51. The summed E-state index contributed by atoms with van der Waals surface area (Å²) in [6.07, 6.45) is 5.57. The SMILES string of the molecule is CCC1CCC(C(=O)C(OC)C(C)(C)C)CC1. The Hall–Kier alpha value is -0.370. The molecule has 1 atom stereocenters. The number of hydrogen-bond donors (Lipinski definition) is 0. The molecule has 2 nitrogen and oxygen atoms in total. The van der Waals surface area contributed by atoms with E-state index in [9.17, 15) is 4.79 Å². The molecule has 1 aliphatic carbocycles. The minimum absolute atomic E-state index is 0.0898. The molecule has 1 rings (SSSR count). The largest absolute Gasteiger partial charge is 0.373 e. The predicted molar refractivity (Wildman–Crippen MR) is 71.0 cm³/mol. The molecular weight excluding hydrogens is 212 g/mol. The molecule has 0 spiro atoms. The van der Waals surface area contributed by atoms with Gasteiger partial charge in [-0.05, 0) is 37.0 Å². The lowest BCUT2D eigenvalue weighted by Crippen LogP contribution is -2.41. The van der Waals surface area contributed by atoms with Gasteiger partial charge in [-0.1, -0.05) is 34.1 Å². The fraction of sp³-hybridized carbons (Fsp3) is 0.933. The number of methoxy groups -OCH3 is 1. The number of rotatable bonds is 4. The van der Waals surface area contributed by atoms with Crippen molar-refractivity contribution >= 4 is 5.78 Å². The van der Waals surface area contributed by atoms with Gasteiger partial charge in [0, 0.05) is 13.0 Å². The lowest BCUT2D eigenvalue weighted by molar-refractivity contribution is -0.140. The maximum Gasteiger partial charge on any atom is 0.165 e. The number of ketones is 1. The first-order valence-electron chi connectivity index (χ1n) is 6.96. The average Bonchev–Trinajstić information content (AvgIpc) is 2.28. The van der Waals surface area contributed by atoms with Crippen molar-refractivity contribution in [2.75, 3.05) is 7.11 Å². The van der Waals surface area contributed by atoms with Gasteiger partial charge < -0.3 is 4.74 Å². The van der Waals surface area contributed by atoms with Gasteiger partial charge in [-0.25, -0.2) is 0 Å². The van der Waals surface area contributed by atoms with E-state index >= 15 is 0 Å². The summed E-state index contributed by atoms with van der Waals surface area (Å²) in [6, 6.07) is 0. The Kier molecular flexibility index (Phi) is 5.18. The van der Waals surface area contributed by atoms with E-state index in [0.717, 1.165) is 18.8 Å².